The SMILES string of the molecule is [2H]OCC1(COC(=O)CCC(C)=O)[C@@H]2CCC#CCC[C@@H]21.[3H]C. The molecule has 0 aromatic carbocycles. The van der Waals surface area contributed by atoms with Crippen LogP contribution in [0.4, 0.5) is 0 Å². The van der Waals surface area contributed by atoms with E-state index in [9.17, 15) is 9.59 Å². The lowest BCUT2D eigenvalue weighted by atomic mass is 10.0. The van der Waals surface area contributed by atoms with E-state index < -0.39 is 0 Å². The van der Waals surface area contributed by atoms with Crippen molar-refractivity contribution in [2.24, 2.45) is 17.3 Å². The molecule has 0 saturated heterocycles. The van der Waals surface area contributed by atoms with Gasteiger partial charge in [-0.1, -0.05) is 7.40 Å². The van der Waals surface area contributed by atoms with E-state index in [4.69, 9.17) is 7.54 Å². The Balaban J connectivity index is 0.00000127. The van der Waals surface area contributed by atoms with Gasteiger partial charge < -0.3 is 14.6 Å². The van der Waals surface area contributed by atoms with Gasteiger partial charge in [0.25, 0.3) is 0 Å². The standard InChI is InChI=1S/C16H22O4.CH4/c1-12(18)8-9-15(19)20-11-16(10-17)13-6-4-2-3-5-7-14(13)16;/h13-14,17H,4-11H2,1H3;1H4/t13-,14+,16?;/i17D;1T. The van der Waals surface area contributed by atoms with Gasteiger partial charge >= 0.3 is 5.97 Å². The molecule has 0 aliphatic heterocycles. The van der Waals surface area contributed by atoms with Crippen molar-refractivity contribution in [1.29, 1.82) is 1.43 Å². The van der Waals surface area contributed by atoms with Crippen molar-refractivity contribution in [3.63, 3.8) is 0 Å². The number of hydrogen-bond donors (Lipinski definition) is 1. The maximum Gasteiger partial charge on any atom is 0.306 e. The number of ether oxygens (including phenoxy) is 1. The predicted molar refractivity (Wildman–Crippen MR) is 80.3 cm³/mol. The van der Waals surface area contributed by atoms with E-state index in [2.05, 4.69) is 16.9 Å². The molecule has 0 radical (unpaired) electrons. The highest BCUT2D eigenvalue weighted by molar-refractivity contribution is 5.80. The van der Waals surface area contributed by atoms with Crippen LogP contribution in [0.15, 0.2) is 0 Å². The molecular formula is C17H26O4. The second-order valence-corrected chi connectivity index (χ2v) is 5.88. The summed E-state index contributed by atoms with van der Waals surface area (Å²) in [4.78, 5) is 22.6. The number of aliphatic hydroxyl groups excluding tert-OH is 1. The molecule has 0 bridgehead atoms. The van der Waals surface area contributed by atoms with Gasteiger partial charge in [-0.25, -0.2) is 0 Å². The largest absolute Gasteiger partial charge is 0.465 e. The Kier molecular flexibility index (Phi) is 5.29. The molecular weight excluding hydrogens is 268 g/mol. The number of fused-ring (bicyclic) bond motifs is 1. The molecule has 1 fully saturated rings. The summed E-state index contributed by atoms with van der Waals surface area (Å²) in [5, 5.41) is 4.64. The van der Waals surface area contributed by atoms with Gasteiger partial charge in [0.15, 0.2) is 0 Å². The molecule has 0 aromatic rings. The molecule has 1 unspecified atom stereocenters. The fourth-order valence-electron chi connectivity index (χ4n) is 3.31. The number of hydrogen-bond acceptors (Lipinski definition) is 4. The molecule has 3 atom stereocenters. The average Bonchev–Trinajstić information content (AvgIpc) is 3.09. The van der Waals surface area contributed by atoms with Crippen molar-refractivity contribution in [2.75, 3.05) is 13.2 Å². The minimum atomic E-state index is -0.343. The van der Waals surface area contributed by atoms with Gasteiger partial charge in [-0.15, -0.1) is 11.8 Å². The van der Waals surface area contributed by atoms with Crippen LogP contribution in [0, 0.1) is 29.1 Å². The third-order valence-electron chi connectivity index (χ3n) is 4.59. The summed E-state index contributed by atoms with van der Waals surface area (Å²) in [5.74, 6) is 6.78. The third-order valence-corrected chi connectivity index (χ3v) is 4.59. The van der Waals surface area contributed by atoms with Gasteiger partial charge in [0.05, 0.1) is 19.6 Å². The van der Waals surface area contributed by atoms with E-state index in [-0.39, 0.29) is 36.6 Å². The van der Waals surface area contributed by atoms with Crippen molar-refractivity contribution in [3.05, 3.63) is 0 Å². The molecule has 0 aromatic heterocycles. The summed E-state index contributed by atoms with van der Waals surface area (Å²) in [6, 6.07) is 0. The first kappa shape index (κ1) is 14.6. The Morgan fingerprint density at radius 3 is 2.52 bits per heavy atom. The van der Waals surface area contributed by atoms with Crippen LogP contribution in [0.25, 0.3) is 0 Å². The quantitative estimate of drug-likeness (QED) is 0.578. The van der Waals surface area contributed by atoms with E-state index in [1.807, 2.05) is 0 Å². The number of carbonyl (C=O) groups excluding carboxylic acids is 2. The number of aliphatic hydroxyl groups is 1. The van der Waals surface area contributed by atoms with Crippen molar-refractivity contribution >= 4 is 11.8 Å². The Labute approximate surface area is 130 Å². The number of Topliss-reactive ketones (excluding diaryl/α,β-unsaturated/α-hetero) is 1. The topological polar surface area (TPSA) is 63.6 Å². The molecule has 21 heavy (non-hydrogen) atoms. The Morgan fingerprint density at radius 2 is 2.00 bits per heavy atom. The van der Waals surface area contributed by atoms with Crippen LogP contribution in [-0.2, 0) is 14.3 Å². The zero-order valence-electron chi connectivity index (χ0n) is 14.9. The normalized spacial score (nSPS) is 30.6. The summed E-state index contributed by atoms with van der Waals surface area (Å²) in [6.07, 6.45) is 4.03. The highest BCUT2D eigenvalue weighted by Crippen LogP contribution is 2.63. The van der Waals surface area contributed by atoms with Gasteiger partial charge in [-0.3, -0.25) is 4.79 Å². The van der Waals surface area contributed by atoms with E-state index in [1.54, 1.807) is 0 Å². The van der Waals surface area contributed by atoms with E-state index in [0.717, 1.165) is 25.7 Å². The van der Waals surface area contributed by atoms with Crippen molar-refractivity contribution < 1.29 is 20.8 Å². The Bertz CT molecular complexity index is 449. The van der Waals surface area contributed by atoms with Crippen molar-refractivity contribution in [1.82, 2.24) is 0 Å². The number of ketones is 1. The third kappa shape index (κ3) is 4.07. The van der Waals surface area contributed by atoms with E-state index in [0.29, 0.717) is 18.4 Å². The fourth-order valence-corrected chi connectivity index (χ4v) is 3.31. The van der Waals surface area contributed by atoms with E-state index in [1.165, 1.54) is 14.3 Å². The van der Waals surface area contributed by atoms with Crippen LogP contribution in [0.5, 0.6) is 0 Å². The predicted octanol–water partition coefficient (Wildman–Crippen LogP) is 2.34. The molecule has 1 saturated carbocycles. The monoisotopic (exact) mass is 297 g/mol. The summed E-state index contributed by atoms with van der Waals surface area (Å²) in [5.41, 5.74) is -0.221. The highest BCUT2D eigenvalue weighted by atomic mass is 16.5. The molecule has 4 heteroatoms. The maximum atomic E-state index is 11.7. The van der Waals surface area contributed by atoms with Crippen LogP contribution >= 0.6 is 0 Å². The zero-order valence-corrected chi connectivity index (χ0v) is 12.9. The first-order valence-electron chi connectivity index (χ1n) is 8.70. The molecule has 0 spiro atoms. The molecule has 2 aliphatic carbocycles. The average molecular weight is 297 g/mol. The minimum absolute atomic E-state index is 0.0126. The van der Waals surface area contributed by atoms with Crippen LogP contribution < -0.4 is 0 Å². The van der Waals surface area contributed by atoms with Crippen LogP contribution in [0.2, 0.25) is 0 Å². The molecule has 118 valence electrons. The van der Waals surface area contributed by atoms with Crippen molar-refractivity contribution in [3.8, 4) is 11.8 Å². The molecule has 2 rings (SSSR count). The second-order valence-electron chi connectivity index (χ2n) is 5.88. The number of esters is 1. The van der Waals surface area contributed by atoms with Gasteiger partial charge in [0.2, 0.25) is 1.43 Å². The highest BCUT2D eigenvalue weighted by Gasteiger charge is 2.63. The zero-order chi connectivity index (χ0) is 17.3. The van der Waals surface area contributed by atoms with Crippen LogP contribution in [0.3, 0.4) is 0 Å². The van der Waals surface area contributed by atoms with Gasteiger partial charge in [0, 0.05) is 26.0 Å². The lowest BCUT2D eigenvalue weighted by molar-refractivity contribution is -0.147. The van der Waals surface area contributed by atoms with Gasteiger partial charge in [-0.05, 0) is 31.6 Å². The van der Waals surface area contributed by atoms with Gasteiger partial charge in [-0.2, -0.15) is 0 Å². The summed E-state index contributed by atoms with van der Waals surface area (Å²) in [7, 11) is 1.25. The first-order chi connectivity index (χ1) is 11.1. The van der Waals surface area contributed by atoms with Crippen molar-refractivity contribution in [2.45, 2.75) is 52.9 Å². The number of rotatable bonds is 7. The molecule has 4 nitrogen and oxygen atoms in total. The molecule has 0 heterocycles. The first-order valence-corrected chi connectivity index (χ1v) is 7.29. The van der Waals surface area contributed by atoms with Crippen LogP contribution in [0.1, 0.15) is 54.2 Å². The van der Waals surface area contributed by atoms with E-state index >= 15 is 0 Å². The molecule has 1 N–H and O–H groups in total. The fraction of sp³-hybridized carbons (Fsp3) is 0.765. The lowest BCUT2D eigenvalue weighted by Crippen LogP contribution is -2.22. The Morgan fingerprint density at radius 1 is 1.38 bits per heavy atom. The Hall–Kier alpha value is -1.34. The maximum absolute atomic E-state index is 11.7. The summed E-state index contributed by atoms with van der Waals surface area (Å²) < 4.78 is 18.2. The van der Waals surface area contributed by atoms with Gasteiger partial charge in [0.1, 0.15) is 5.78 Å². The summed E-state index contributed by atoms with van der Waals surface area (Å²) in [6.45, 7) is 2.05. The smallest absolute Gasteiger partial charge is 0.306 e. The lowest BCUT2D eigenvalue weighted by Gasteiger charge is -2.15. The second kappa shape index (κ2) is 7.61. The molecule has 0 amide bonds. The minimum Gasteiger partial charge on any atom is -0.465 e. The van der Waals surface area contributed by atoms with Crippen LogP contribution in [-0.4, -0.2) is 31.5 Å². The number of carbonyl (C=O) groups is 2. The summed E-state index contributed by atoms with van der Waals surface area (Å²) >= 11 is 0. The molecule has 2 aliphatic rings.